The summed E-state index contributed by atoms with van der Waals surface area (Å²) in [6.45, 7) is 6.99. The van der Waals surface area contributed by atoms with E-state index in [4.69, 9.17) is 5.73 Å². The Labute approximate surface area is 96.0 Å². The van der Waals surface area contributed by atoms with Crippen LogP contribution in [0.2, 0.25) is 0 Å². The minimum atomic E-state index is -0.125. The molecule has 1 aromatic heterocycles. The van der Waals surface area contributed by atoms with Gasteiger partial charge in [-0.2, -0.15) is 0 Å². The van der Waals surface area contributed by atoms with E-state index in [9.17, 15) is 4.79 Å². The number of amides is 1. The fraction of sp³-hybridized carbons (Fsp3) is 0.636. The van der Waals surface area contributed by atoms with E-state index in [0.717, 1.165) is 0 Å². The summed E-state index contributed by atoms with van der Waals surface area (Å²) in [6.07, 6.45) is 5.35. The van der Waals surface area contributed by atoms with Crippen LogP contribution >= 0.6 is 0 Å². The third-order valence-corrected chi connectivity index (χ3v) is 2.52. The number of hydrogen-bond donors (Lipinski definition) is 2. The highest BCUT2D eigenvalue weighted by molar-refractivity contribution is 5.78. The molecule has 0 fully saturated rings. The average molecular weight is 224 g/mol. The lowest BCUT2D eigenvalue weighted by Crippen LogP contribution is -2.48. The van der Waals surface area contributed by atoms with Crippen LogP contribution in [0.1, 0.15) is 20.8 Å². The van der Waals surface area contributed by atoms with Crippen molar-refractivity contribution in [1.82, 2.24) is 14.9 Å². The molecule has 0 aliphatic carbocycles. The van der Waals surface area contributed by atoms with E-state index < -0.39 is 0 Å². The van der Waals surface area contributed by atoms with E-state index in [1.807, 2.05) is 10.8 Å². The third kappa shape index (κ3) is 3.66. The number of aromatic nitrogens is 2. The highest BCUT2D eigenvalue weighted by Gasteiger charge is 2.26. The predicted molar refractivity (Wildman–Crippen MR) is 62.7 cm³/mol. The molecule has 0 saturated carbocycles. The Bertz CT molecular complexity index is 326. The number of nitrogens with two attached hydrogens (primary N) is 1. The standard InChI is InChI=1S/C11H20N4O/c1-11(2,3)9(14-10(16)6-12)7-15-5-4-13-8-15/h4-5,8-9H,6-7,12H2,1-3H3,(H,14,16). The lowest BCUT2D eigenvalue weighted by molar-refractivity contribution is -0.121. The molecule has 0 bridgehead atoms. The number of carbonyl (C=O) groups is 1. The van der Waals surface area contributed by atoms with Gasteiger partial charge >= 0.3 is 0 Å². The van der Waals surface area contributed by atoms with E-state index in [0.29, 0.717) is 6.54 Å². The van der Waals surface area contributed by atoms with Gasteiger partial charge in [-0.15, -0.1) is 0 Å². The van der Waals surface area contributed by atoms with Gasteiger partial charge in [0.1, 0.15) is 0 Å². The van der Waals surface area contributed by atoms with Gasteiger partial charge in [0.05, 0.1) is 18.9 Å². The second-order valence-electron chi connectivity index (χ2n) is 4.95. The molecule has 0 aliphatic rings. The molecule has 0 aromatic carbocycles. The van der Waals surface area contributed by atoms with E-state index in [1.54, 1.807) is 12.5 Å². The zero-order chi connectivity index (χ0) is 12.2. The molecule has 5 nitrogen and oxygen atoms in total. The van der Waals surface area contributed by atoms with Crippen LogP contribution in [0.15, 0.2) is 18.7 Å². The Hall–Kier alpha value is -1.36. The normalized spacial score (nSPS) is 13.5. The van der Waals surface area contributed by atoms with Crippen LogP contribution in [0.4, 0.5) is 0 Å². The molecule has 1 atom stereocenters. The molecule has 90 valence electrons. The van der Waals surface area contributed by atoms with Crippen LogP contribution in [0.5, 0.6) is 0 Å². The van der Waals surface area contributed by atoms with E-state index in [-0.39, 0.29) is 23.9 Å². The Morgan fingerprint density at radius 3 is 2.69 bits per heavy atom. The molecule has 1 amide bonds. The first-order chi connectivity index (χ1) is 7.43. The molecule has 1 heterocycles. The smallest absolute Gasteiger partial charge is 0.234 e. The topological polar surface area (TPSA) is 72.9 Å². The molecule has 16 heavy (non-hydrogen) atoms. The summed E-state index contributed by atoms with van der Waals surface area (Å²) in [7, 11) is 0. The summed E-state index contributed by atoms with van der Waals surface area (Å²) in [6, 6.07) is 0.0396. The number of imidazole rings is 1. The van der Waals surface area contributed by atoms with Gasteiger partial charge in [-0.3, -0.25) is 4.79 Å². The number of carbonyl (C=O) groups excluding carboxylic acids is 1. The Balaban J connectivity index is 2.68. The Morgan fingerprint density at radius 1 is 1.56 bits per heavy atom. The minimum Gasteiger partial charge on any atom is -0.350 e. The highest BCUT2D eigenvalue weighted by Crippen LogP contribution is 2.20. The van der Waals surface area contributed by atoms with Gasteiger partial charge in [-0.05, 0) is 5.41 Å². The highest BCUT2D eigenvalue weighted by atomic mass is 16.1. The van der Waals surface area contributed by atoms with Crippen molar-refractivity contribution < 1.29 is 4.79 Å². The van der Waals surface area contributed by atoms with Gasteiger partial charge in [-0.1, -0.05) is 20.8 Å². The van der Waals surface area contributed by atoms with Gasteiger partial charge in [-0.25, -0.2) is 4.98 Å². The first-order valence-electron chi connectivity index (χ1n) is 5.38. The van der Waals surface area contributed by atoms with Gasteiger partial charge < -0.3 is 15.6 Å². The van der Waals surface area contributed by atoms with Crippen molar-refractivity contribution in [3.63, 3.8) is 0 Å². The Kier molecular flexibility index (Phi) is 4.06. The molecule has 1 unspecified atom stereocenters. The fourth-order valence-electron chi connectivity index (χ4n) is 1.39. The first kappa shape index (κ1) is 12.7. The van der Waals surface area contributed by atoms with Gasteiger partial charge in [0.25, 0.3) is 0 Å². The van der Waals surface area contributed by atoms with E-state index in [2.05, 4.69) is 31.1 Å². The zero-order valence-electron chi connectivity index (χ0n) is 10.1. The van der Waals surface area contributed by atoms with Crippen LogP contribution in [-0.4, -0.2) is 28.0 Å². The van der Waals surface area contributed by atoms with Crippen molar-refractivity contribution in [2.45, 2.75) is 33.4 Å². The lowest BCUT2D eigenvalue weighted by Gasteiger charge is -2.31. The first-order valence-corrected chi connectivity index (χ1v) is 5.38. The van der Waals surface area contributed by atoms with Crippen molar-refractivity contribution in [2.24, 2.45) is 11.1 Å². The van der Waals surface area contributed by atoms with Crippen LogP contribution in [0, 0.1) is 5.41 Å². The predicted octanol–water partition coefficient (Wildman–Crippen LogP) is 0.373. The molecule has 1 aromatic rings. The number of nitrogens with one attached hydrogen (secondary N) is 1. The molecule has 0 aliphatic heterocycles. The van der Waals surface area contributed by atoms with Crippen molar-refractivity contribution >= 4 is 5.91 Å². The maximum atomic E-state index is 11.3. The van der Waals surface area contributed by atoms with Crippen molar-refractivity contribution in [2.75, 3.05) is 6.54 Å². The van der Waals surface area contributed by atoms with Crippen LogP contribution in [0.25, 0.3) is 0 Å². The lowest BCUT2D eigenvalue weighted by atomic mass is 9.86. The van der Waals surface area contributed by atoms with E-state index >= 15 is 0 Å². The SMILES string of the molecule is CC(C)(C)C(Cn1ccnc1)NC(=O)CN. The summed E-state index contributed by atoms with van der Waals surface area (Å²) in [5.74, 6) is -0.125. The maximum Gasteiger partial charge on any atom is 0.234 e. The Morgan fingerprint density at radius 2 is 2.25 bits per heavy atom. The number of hydrogen-bond acceptors (Lipinski definition) is 3. The van der Waals surface area contributed by atoms with Crippen LogP contribution < -0.4 is 11.1 Å². The number of nitrogens with zero attached hydrogens (tertiary/aromatic N) is 2. The largest absolute Gasteiger partial charge is 0.350 e. The van der Waals surface area contributed by atoms with Crippen molar-refractivity contribution in [3.8, 4) is 0 Å². The van der Waals surface area contributed by atoms with Gasteiger partial charge in [0, 0.05) is 18.9 Å². The molecular formula is C11H20N4O. The molecule has 1 rings (SSSR count). The monoisotopic (exact) mass is 224 g/mol. The molecule has 0 spiro atoms. The second kappa shape index (κ2) is 5.12. The number of rotatable bonds is 4. The van der Waals surface area contributed by atoms with Gasteiger partial charge in [0.15, 0.2) is 0 Å². The summed E-state index contributed by atoms with van der Waals surface area (Å²) >= 11 is 0. The summed E-state index contributed by atoms with van der Waals surface area (Å²) < 4.78 is 1.95. The average Bonchev–Trinajstić information content (AvgIpc) is 2.67. The minimum absolute atomic E-state index is 0.0188. The molecule has 0 saturated heterocycles. The quantitative estimate of drug-likeness (QED) is 0.776. The molecule has 5 heteroatoms. The fourth-order valence-corrected chi connectivity index (χ4v) is 1.39. The second-order valence-corrected chi connectivity index (χ2v) is 4.95. The van der Waals surface area contributed by atoms with Crippen molar-refractivity contribution in [3.05, 3.63) is 18.7 Å². The van der Waals surface area contributed by atoms with Crippen LogP contribution in [-0.2, 0) is 11.3 Å². The van der Waals surface area contributed by atoms with Gasteiger partial charge in [0.2, 0.25) is 5.91 Å². The summed E-state index contributed by atoms with van der Waals surface area (Å²) in [5.41, 5.74) is 5.29. The van der Waals surface area contributed by atoms with Crippen molar-refractivity contribution in [1.29, 1.82) is 0 Å². The third-order valence-electron chi connectivity index (χ3n) is 2.52. The maximum absolute atomic E-state index is 11.3. The summed E-state index contributed by atoms with van der Waals surface area (Å²) in [5, 5.41) is 2.93. The molecule has 0 radical (unpaired) electrons. The zero-order valence-corrected chi connectivity index (χ0v) is 10.1. The molecular weight excluding hydrogens is 204 g/mol. The summed E-state index contributed by atoms with van der Waals surface area (Å²) in [4.78, 5) is 15.3. The van der Waals surface area contributed by atoms with Crippen LogP contribution in [0.3, 0.4) is 0 Å². The van der Waals surface area contributed by atoms with E-state index in [1.165, 1.54) is 0 Å². The molecule has 3 N–H and O–H groups in total.